The van der Waals surface area contributed by atoms with Crippen LogP contribution in [0.4, 0.5) is 11.4 Å². The van der Waals surface area contributed by atoms with Gasteiger partial charge in [0.2, 0.25) is 5.91 Å². The number of para-hydroxylation sites is 2. The summed E-state index contributed by atoms with van der Waals surface area (Å²) in [4.78, 5) is 37.7. The molecule has 1 aromatic heterocycles. The summed E-state index contributed by atoms with van der Waals surface area (Å²) >= 11 is 1.52. The van der Waals surface area contributed by atoms with Crippen molar-refractivity contribution in [2.24, 2.45) is 0 Å². The number of carbonyl (C=O) groups excluding carboxylic acids is 2. The number of piperazine rings is 1. The van der Waals surface area contributed by atoms with E-state index in [4.69, 9.17) is 0 Å². The number of hydrogen-bond donors (Lipinski definition) is 0. The van der Waals surface area contributed by atoms with E-state index in [1.165, 1.54) is 17.4 Å². The Morgan fingerprint density at radius 2 is 1.67 bits per heavy atom. The van der Waals surface area contributed by atoms with Gasteiger partial charge in [-0.05, 0) is 42.8 Å². The lowest BCUT2D eigenvalue weighted by molar-refractivity contribution is -0.131. The highest BCUT2D eigenvalue weighted by atomic mass is 32.2. The van der Waals surface area contributed by atoms with E-state index in [1.54, 1.807) is 17.2 Å². The molecule has 0 N–H and O–H groups in total. The van der Waals surface area contributed by atoms with Crippen molar-refractivity contribution in [1.82, 2.24) is 9.88 Å². The van der Waals surface area contributed by atoms with Crippen LogP contribution in [0.3, 0.4) is 0 Å². The minimum atomic E-state index is -0.0560. The molecular formula is C26H26N4O2S. The van der Waals surface area contributed by atoms with Gasteiger partial charge in [0.15, 0.2) is 0 Å². The third-order valence-corrected chi connectivity index (χ3v) is 7.22. The van der Waals surface area contributed by atoms with Gasteiger partial charge >= 0.3 is 0 Å². The van der Waals surface area contributed by atoms with Gasteiger partial charge < -0.3 is 14.7 Å². The Kier molecular flexibility index (Phi) is 6.30. The lowest BCUT2D eigenvalue weighted by atomic mass is 10.1. The van der Waals surface area contributed by atoms with E-state index in [2.05, 4.69) is 22.0 Å². The highest BCUT2D eigenvalue weighted by molar-refractivity contribution is 7.99. The first-order valence-corrected chi connectivity index (χ1v) is 12.1. The lowest BCUT2D eigenvalue weighted by Crippen LogP contribution is -2.48. The number of pyridine rings is 1. The molecule has 2 aliphatic rings. The molecule has 2 amide bonds. The van der Waals surface area contributed by atoms with E-state index in [-0.39, 0.29) is 11.8 Å². The highest BCUT2D eigenvalue weighted by Crippen LogP contribution is 2.40. The molecule has 7 heteroatoms. The van der Waals surface area contributed by atoms with E-state index in [0.29, 0.717) is 24.9 Å². The topological polar surface area (TPSA) is 56.8 Å². The van der Waals surface area contributed by atoms with E-state index in [0.717, 1.165) is 41.8 Å². The Morgan fingerprint density at radius 1 is 0.909 bits per heavy atom. The normalized spacial score (nSPS) is 15.6. The highest BCUT2D eigenvalue weighted by Gasteiger charge is 2.28. The van der Waals surface area contributed by atoms with Crippen molar-refractivity contribution in [2.75, 3.05) is 42.5 Å². The molecule has 33 heavy (non-hydrogen) atoms. The summed E-state index contributed by atoms with van der Waals surface area (Å²) in [6.07, 6.45) is 2.77. The monoisotopic (exact) mass is 458 g/mol. The van der Waals surface area contributed by atoms with Crippen LogP contribution in [-0.4, -0.2) is 54.4 Å². The molecule has 6 nitrogen and oxygen atoms in total. The number of benzene rings is 2. The Bertz CT molecular complexity index is 1150. The van der Waals surface area contributed by atoms with Gasteiger partial charge in [0.25, 0.3) is 5.91 Å². The second kappa shape index (κ2) is 9.67. The number of aromatic nitrogens is 1. The lowest BCUT2D eigenvalue weighted by Gasteiger charge is -2.36. The third-order valence-electron chi connectivity index (χ3n) is 6.14. The van der Waals surface area contributed by atoms with Crippen molar-refractivity contribution in [2.45, 2.75) is 22.8 Å². The summed E-state index contributed by atoms with van der Waals surface area (Å²) in [5.41, 5.74) is 2.70. The number of carbonyl (C=O) groups is 2. The summed E-state index contributed by atoms with van der Waals surface area (Å²) in [5, 5.41) is 0.727. The fourth-order valence-corrected chi connectivity index (χ4v) is 5.40. The maximum absolute atomic E-state index is 13.3. The molecular weight excluding hydrogens is 432 g/mol. The third kappa shape index (κ3) is 4.59. The molecule has 0 saturated carbocycles. The molecule has 0 atom stereocenters. The van der Waals surface area contributed by atoms with Crippen molar-refractivity contribution in [3.8, 4) is 0 Å². The summed E-state index contributed by atoms with van der Waals surface area (Å²) in [6.45, 7) is 3.65. The predicted octanol–water partition coefficient (Wildman–Crippen LogP) is 4.32. The van der Waals surface area contributed by atoms with Gasteiger partial charge in [0, 0.05) is 55.9 Å². The first kappa shape index (κ1) is 21.5. The zero-order valence-electron chi connectivity index (χ0n) is 18.4. The Balaban J connectivity index is 1.21. The number of hydrogen-bond acceptors (Lipinski definition) is 5. The van der Waals surface area contributed by atoms with E-state index >= 15 is 0 Å². The second-order valence-corrected chi connectivity index (χ2v) is 9.22. The maximum Gasteiger partial charge on any atom is 0.261 e. The van der Waals surface area contributed by atoms with Crippen LogP contribution in [-0.2, 0) is 4.79 Å². The van der Waals surface area contributed by atoms with Crippen molar-refractivity contribution in [3.05, 3.63) is 78.5 Å². The molecule has 2 aromatic carbocycles. The molecule has 0 spiro atoms. The maximum atomic E-state index is 13.3. The van der Waals surface area contributed by atoms with Gasteiger partial charge in [-0.3, -0.25) is 9.59 Å². The molecule has 5 rings (SSSR count). The van der Waals surface area contributed by atoms with Gasteiger partial charge in [-0.1, -0.05) is 42.1 Å². The van der Waals surface area contributed by atoms with E-state index in [1.807, 2.05) is 53.4 Å². The number of rotatable bonds is 5. The predicted molar refractivity (Wildman–Crippen MR) is 131 cm³/mol. The zero-order valence-corrected chi connectivity index (χ0v) is 19.2. The summed E-state index contributed by atoms with van der Waals surface area (Å²) in [6, 6.07) is 21.9. The quantitative estimate of drug-likeness (QED) is 0.570. The van der Waals surface area contributed by atoms with Crippen LogP contribution < -0.4 is 9.80 Å². The largest absolute Gasteiger partial charge is 0.368 e. The average Bonchev–Trinajstić information content (AvgIpc) is 2.99. The van der Waals surface area contributed by atoms with Crippen molar-refractivity contribution < 1.29 is 9.59 Å². The molecule has 168 valence electrons. The Morgan fingerprint density at radius 3 is 2.48 bits per heavy atom. The zero-order chi connectivity index (χ0) is 22.6. The van der Waals surface area contributed by atoms with Crippen LogP contribution in [0.2, 0.25) is 0 Å². The van der Waals surface area contributed by atoms with E-state index < -0.39 is 0 Å². The summed E-state index contributed by atoms with van der Waals surface area (Å²) < 4.78 is 0. The van der Waals surface area contributed by atoms with Gasteiger partial charge in [-0.15, -0.1) is 0 Å². The van der Waals surface area contributed by atoms with Crippen molar-refractivity contribution in [3.63, 3.8) is 0 Å². The second-order valence-electron chi connectivity index (χ2n) is 8.19. The Labute approximate surface area is 198 Å². The van der Waals surface area contributed by atoms with Crippen LogP contribution in [0.1, 0.15) is 23.2 Å². The molecule has 1 saturated heterocycles. The van der Waals surface area contributed by atoms with Gasteiger partial charge in [-0.2, -0.15) is 0 Å². The van der Waals surface area contributed by atoms with Crippen molar-refractivity contribution >= 4 is 35.0 Å². The van der Waals surface area contributed by atoms with Gasteiger partial charge in [-0.25, -0.2) is 4.98 Å². The molecule has 2 aliphatic heterocycles. The van der Waals surface area contributed by atoms with E-state index in [9.17, 15) is 9.59 Å². The van der Waals surface area contributed by atoms with Crippen LogP contribution in [0, 0.1) is 0 Å². The molecule has 3 heterocycles. The SMILES string of the molecule is O=C(CCCN1C(=O)c2cccnc2Sc2ccccc21)N1CCN(c2ccccc2)CC1. The summed E-state index contributed by atoms with van der Waals surface area (Å²) in [5.74, 6) is 0.106. The Hall–Kier alpha value is -3.32. The minimum Gasteiger partial charge on any atom is -0.368 e. The average molecular weight is 459 g/mol. The van der Waals surface area contributed by atoms with Gasteiger partial charge in [0.1, 0.15) is 5.03 Å². The first-order valence-electron chi connectivity index (χ1n) is 11.3. The number of anilines is 2. The fourth-order valence-electron chi connectivity index (χ4n) is 4.38. The molecule has 1 fully saturated rings. The standard InChI is InChI=1S/C26H26N4O2S/c31-24(29-18-16-28(17-19-29)20-8-2-1-3-9-20)13-7-15-30-22-11-4-5-12-23(22)33-25-21(26(30)32)10-6-14-27-25/h1-6,8-12,14H,7,13,15-19H2. The smallest absolute Gasteiger partial charge is 0.261 e. The van der Waals surface area contributed by atoms with Crippen LogP contribution in [0.25, 0.3) is 0 Å². The van der Waals surface area contributed by atoms with Crippen LogP contribution in [0.15, 0.2) is 82.8 Å². The number of nitrogens with zero attached hydrogens (tertiary/aromatic N) is 4. The van der Waals surface area contributed by atoms with Crippen LogP contribution >= 0.6 is 11.8 Å². The molecule has 0 radical (unpaired) electrons. The summed E-state index contributed by atoms with van der Waals surface area (Å²) in [7, 11) is 0. The number of fused-ring (bicyclic) bond motifs is 2. The molecule has 3 aromatic rings. The minimum absolute atomic E-state index is 0.0560. The fraction of sp³-hybridized carbons (Fsp3) is 0.269. The van der Waals surface area contributed by atoms with Gasteiger partial charge in [0.05, 0.1) is 11.3 Å². The molecule has 0 aliphatic carbocycles. The van der Waals surface area contributed by atoms with Crippen LogP contribution in [0.5, 0.6) is 0 Å². The number of amides is 2. The van der Waals surface area contributed by atoms with Crippen molar-refractivity contribution in [1.29, 1.82) is 0 Å². The molecule has 0 bridgehead atoms. The first-order chi connectivity index (χ1) is 16.2. The molecule has 0 unspecified atom stereocenters.